The predicted octanol–water partition coefficient (Wildman–Crippen LogP) is 3.35. The standard InChI is InChI=1S/C17H15ClN4O4S/c1-10(17(24)20-12-3-2-7-19-15(12)18)25-14(23)5-4-13-21-16(22-26-13)11-6-8-27-9-11/h2-3,6-10H,4-5H2,1H3,(H,20,24)/t10-/m0/s1. The van der Waals surface area contributed by atoms with E-state index in [2.05, 4.69) is 20.4 Å². The fourth-order valence-corrected chi connectivity index (χ4v) is 2.90. The molecule has 3 aromatic heterocycles. The van der Waals surface area contributed by atoms with E-state index in [1.807, 2.05) is 16.8 Å². The Labute approximate surface area is 163 Å². The number of amides is 1. The SMILES string of the molecule is C[C@H](OC(=O)CCc1nc(-c2ccsc2)no1)C(=O)Nc1cccnc1Cl. The number of esters is 1. The number of aromatic nitrogens is 3. The van der Waals surface area contributed by atoms with Crippen molar-refractivity contribution in [1.29, 1.82) is 0 Å². The molecule has 1 atom stereocenters. The fraction of sp³-hybridized carbons (Fsp3) is 0.235. The summed E-state index contributed by atoms with van der Waals surface area (Å²) in [6.07, 6.45) is 0.746. The molecular weight excluding hydrogens is 392 g/mol. The van der Waals surface area contributed by atoms with Crippen LogP contribution in [0.1, 0.15) is 19.2 Å². The Kier molecular flexibility index (Phi) is 6.15. The lowest BCUT2D eigenvalue weighted by atomic mass is 10.3. The van der Waals surface area contributed by atoms with E-state index in [-0.39, 0.29) is 18.0 Å². The molecule has 0 unspecified atom stereocenters. The Morgan fingerprint density at radius 2 is 2.26 bits per heavy atom. The third-order valence-corrected chi connectivity index (χ3v) is 4.47. The van der Waals surface area contributed by atoms with E-state index >= 15 is 0 Å². The number of hydrogen-bond acceptors (Lipinski definition) is 8. The number of aryl methyl sites for hydroxylation is 1. The molecule has 3 rings (SSSR count). The molecule has 3 aromatic rings. The highest BCUT2D eigenvalue weighted by Gasteiger charge is 2.19. The summed E-state index contributed by atoms with van der Waals surface area (Å²) in [5.74, 6) is -0.255. The highest BCUT2D eigenvalue weighted by atomic mass is 35.5. The molecule has 0 spiro atoms. The minimum Gasteiger partial charge on any atom is -0.453 e. The predicted molar refractivity (Wildman–Crippen MR) is 99.4 cm³/mol. The van der Waals surface area contributed by atoms with Crippen LogP contribution in [0.25, 0.3) is 11.4 Å². The Morgan fingerprint density at radius 3 is 3.00 bits per heavy atom. The van der Waals surface area contributed by atoms with Crippen LogP contribution in [0.2, 0.25) is 5.15 Å². The van der Waals surface area contributed by atoms with Gasteiger partial charge in [0.05, 0.1) is 12.1 Å². The van der Waals surface area contributed by atoms with Crippen molar-refractivity contribution in [2.75, 3.05) is 5.32 Å². The van der Waals surface area contributed by atoms with Crippen molar-refractivity contribution < 1.29 is 18.8 Å². The van der Waals surface area contributed by atoms with Crippen molar-refractivity contribution in [3.63, 3.8) is 0 Å². The zero-order chi connectivity index (χ0) is 19.2. The lowest BCUT2D eigenvalue weighted by Gasteiger charge is -2.13. The zero-order valence-electron chi connectivity index (χ0n) is 14.2. The van der Waals surface area contributed by atoms with Crippen LogP contribution in [-0.2, 0) is 20.7 Å². The second kappa shape index (κ2) is 8.74. The first-order chi connectivity index (χ1) is 13.0. The van der Waals surface area contributed by atoms with Crippen LogP contribution in [0.4, 0.5) is 5.69 Å². The Bertz CT molecular complexity index is 929. The van der Waals surface area contributed by atoms with Crippen LogP contribution < -0.4 is 5.32 Å². The van der Waals surface area contributed by atoms with E-state index in [1.165, 1.54) is 24.5 Å². The number of hydrogen-bond donors (Lipinski definition) is 1. The molecule has 0 aliphatic rings. The maximum atomic E-state index is 12.1. The normalized spacial score (nSPS) is 11.8. The molecule has 0 aromatic carbocycles. The van der Waals surface area contributed by atoms with Crippen molar-refractivity contribution in [3.8, 4) is 11.4 Å². The minimum atomic E-state index is -0.988. The average Bonchev–Trinajstić information content (AvgIpc) is 3.33. The molecule has 0 aliphatic carbocycles. The van der Waals surface area contributed by atoms with Gasteiger partial charge in [0.25, 0.3) is 5.91 Å². The van der Waals surface area contributed by atoms with Crippen LogP contribution in [0, 0.1) is 0 Å². The summed E-state index contributed by atoms with van der Waals surface area (Å²) in [6, 6.07) is 5.11. The largest absolute Gasteiger partial charge is 0.453 e. The Balaban J connectivity index is 1.47. The lowest BCUT2D eigenvalue weighted by Crippen LogP contribution is -2.30. The van der Waals surface area contributed by atoms with E-state index in [0.29, 0.717) is 17.4 Å². The molecule has 27 heavy (non-hydrogen) atoms. The monoisotopic (exact) mass is 406 g/mol. The topological polar surface area (TPSA) is 107 Å². The van der Waals surface area contributed by atoms with Gasteiger partial charge in [0.15, 0.2) is 11.3 Å². The molecule has 0 bridgehead atoms. The first-order valence-electron chi connectivity index (χ1n) is 7.99. The number of anilines is 1. The second-order valence-electron chi connectivity index (χ2n) is 5.49. The Hall–Kier alpha value is -2.78. The summed E-state index contributed by atoms with van der Waals surface area (Å²) in [5.41, 5.74) is 1.20. The van der Waals surface area contributed by atoms with Gasteiger partial charge in [0.2, 0.25) is 11.7 Å². The summed E-state index contributed by atoms with van der Waals surface area (Å²) in [5, 5.41) is 10.4. The van der Waals surface area contributed by atoms with Gasteiger partial charge in [-0.25, -0.2) is 4.98 Å². The molecule has 0 saturated heterocycles. The highest BCUT2D eigenvalue weighted by molar-refractivity contribution is 7.08. The van der Waals surface area contributed by atoms with Crippen molar-refractivity contribution in [2.45, 2.75) is 25.9 Å². The molecule has 8 nitrogen and oxygen atoms in total. The van der Waals surface area contributed by atoms with Gasteiger partial charge in [-0.15, -0.1) is 0 Å². The van der Waals surface area contributed by atoms with Gasteiger partial charge in [-0.05, 0) is 30.5 Å². The summed E-state index contributed by atoms with van der Waals surface area (Å²) in [6.45, 7) is 1.47. The van der Waals surface area contributed by atoms with Gasteiger partial charge < -0.3 is 14.6 Å². The summed E-state index contributed by atoms with van der Waals surface area (Å²) >= 11 is 7.41. The van der Waals surface area contributed by atoms with Gasteiger partial charge in [-0.2, -0.15) is 16.3 Å². The highest BCUT2D eigenvalue weighted by Crippen LogP contribution is 2.19. The molecule has 140 valence electrons. The van der Waals surface area contributed by atoms with E-state index in [9.17, 15) is 9.59 Å². The molecule has 0 fully saturated rings. The number of carbonyl (C=O) groups excluding carboxylic acids is 2. The van der Waals surface area contributed by atoms with Gasteiger partial charge in [0.1, 0.15) is 0 Å². The Morgan fingerprint density at radius 1 is 1.41 bits per heavy atom. The third-order valence-electron chi connectivity index (χ3n) is 3.48. The molecule has 0 saturated carbocycles. The van der Waals surface area contributed by atoms with Gasteiger partial charge in [-0.3, -0.25) is 9.59 Å². The van der Waals surface area contributed by atoms with Gasteiger partial charge >= 0.3 is 5.97 Å². The van der Waals surface area contributed by atoms with Crippen molar-refractivity contribution in [2.24, 2.45) is 0 Å². The van der Waals surface area contributed by atoms with Gasteiger partial charge in [0, 0.05) is 23.6 Å². The smallest absolute Gasteiger partial charge is 0.307 e. The molecule has 1 amide bonds. The van der Waals surface area contributed by atoms with Crippen LogP contribution in [0.5, 0.6) is 0 Å². The van der Waals surface area contributed by atoms with Crippen molar-refractivity contribution in [3.05, 3.63) is 46.2 Å². The molecule has 0 aliphatic heterocycles. The summed E-state index contributed by atoms with van der Waals surface area (Å²) in [7, 11) is 0. The van der Waals surface area contributed by atoms with Crippen LogP contribution in [-0.4, -0.2) is 33.1 Å². The number of ether oxygens (including phenoxy) is 1. The maximum absolute atomic E-state index is 12.1. The van der Waals surface area contributed by atoms with Crippen LogP contribution in [0.15, 0.2) is 39.7 Å². The zero-order valence-corrected chi connectivity index (χ0v) is 15.8. The molecule has 1 N–H and O–H groups in total. The fourth-order valence-electron chi connectivity index (χ4n) is 2.10. The quantitative estimate of drug-likeness (QED) is 0.473. The van der Waals surface area contributed by atoms with Gasteiger partial charge in [-0.1, -0.05) is 16.8 Å². The number of thiophene rings is 1. The van der Waals surface area contributed by atoms with E-state index in [0.717, 1.165) is 5.56 Å². The van der Waals surface area contributed by atoms with Crippen LogP contribution in [0.3, 0.4) is 0 Å². The van der Waals surface area contributed by atoms with Crippen LogP contribution >= 0.6 is 22.9 Å². The summed E-state index contributed by atoms with van der Waals surface area (Å²) < 4.78 is 10.2. The number of pyridine rings is 1. The third kappa shape index (κ3) is 5.11. The van der Waals surface area contributed by atoms with E-state index in [4.69, 9.17) is 20.9 Å². The number of carbonyl (C=O) groups is 2. The number of nitrogens with zero attached hydrogens (tertiary/aromatic N) is 3. The first-order valence-corrected chi connectivity index (χ1v) is 9.31. The molecular formula is C17H15ClN4O4S. The number of nitrogens with one attached hydrogen (secondary N) is 1. The first kappa shape index (κ1) is 19.0. The van der Waals surface area contributed by atoms with E-state index in [1.54, 1.807) is 12.1 Å². The maximum Gasteiger partial charge on any atom is 0.307 e. The number of halogens is 1. The molecule has 10 heteroatoms. The van der Waals surface area contributed by atoms with Crippen molar-refractivity contribution in [1.82, 2.24) is 15.1 Å². The molecule has 0 radical (unpaired) electrons. The van der Waals surface area contributed by atoms with Crippen molar-refractivity contribution >= 4 is 40.5 Å². The number of rotatable bonds is 7. The van der Waals surface area contributed by atoms with E-state index < -0.39 is 18.0 Å². The minimum absolute atomic E-state index is 0.0105. The average molecular weight is 407 g/mol. The lowest BCUT2D eigenvalue weighted by molar-refractivity contribution is -0.153. The molecule has 3 heterocycles. The summed E-state index contributed by atoms with van der Waals surface area (Å²) in [4.78, 5) is 32.1. The second-order valence-corrected chi connectivity index (χ2v) is 6.62.